The van der Waals surface area contributed by atoms with Crippen molar-refractivity contribution in [2.45, 2.75) is 136 Å². The predicted molar refractivity (Wildman–Crippen MR) is 136 cm³/mol. The molecule has 0 saturated heterocycles. The molecule has 0 rings (SSSR count). The van der Waals surface area contributed by atoms with Crippen LogP contribution in [-0.2, 0) is 14.4 Å². The fraction of sp³-hybridized carbons (Fsp3) is 0.815. The molecule has 0 bridgehead atoms. The van der Waals surface area contributed by atoms with Gasteiger partial charge in [0, 0.05) is 0 Å². The van der Waals surface area contributed by atoms with E-state index in [0.717, 1.165) is 25.7 Å². The molecule has 0 saturated carbocycles. The van der Waals surface area contributed by atoms with Gasteiger partial charge in [-0.15, -0.1) is 0 Å². The van der Waals surface area contributed by atoms with Crippen LogP contribution in [0.15, 0.2) is 12.2 Å². The Kier molecular flexibility index (Phi) is 17.4. The molecule has 0 heterocycles. The molecule has 0 aromatic rings. The maximum atomic E-state index is 11.8. The van der Waals surface area contributed by atoms with E-state index < -0.39 is 40.5 Å². The summed E-state index contributed by atoms with van der Waals surface area (Å²) < 4.78 is -0.479. The Bertz CT molecular complexity index is 568. The van der Waals surface area contributed by atoms with E-state index in [1.807, 2.05) is 0 Å². The summed E-state index contributed by atoms with van der Waals surface area (Å²) in [6.45, 7) is 6.71. The molecule has 7 heteroatoms. The van der Waals surface area contributed by atoms with Crippen molar-refractivity contribution < 1.29 is 34.2 Å². The van der Waals surface area contributed by atoms with Crippen LogP contribution in [0.1, 0.15) is 118 Å². The van der Waals surface area contributed by atoms with Crippen LogP contribution in [-0.4, -0.2) is 62.4 Å². The largest absolute Gasteiger partial charge is 0.477 e. The van der Waals surface area contributed by atoms with Crippen LogP contribution in [0.4, 0.5) is 0 Å². The molecule has 3 unspecified atom stereocenters. The lowest BCUT2D eigenvalue weighted by atomic mass is 10.00. The number of unbranched alkanes of at least 4 members (excludes halogenated alkanes) is 12. The number of carboxylic acids is 3. The standard InChI is InChI=1S/C27H49NO6/c1-5-6-7-8-9-10-11-12-13-14-15-16-17-18-19-20-21-28(22(2)25(29)30,23(3)26(31)32)24(4)27(33)34/h9-10,22-24H,5-8,11-21H2,1-4H3,(H2-,29,30,31,32,33,34)/p+1/b10-9+. The molecule has 198 valence electrons. The Morgan fingerprint density at radius 2 is 0.912 bits per heavy atom. The number of nitrogens with zero attached hydrogens (tertiary/aromatic N) is 1. The molecule has 0 aromatic heterocycles. The van der Waals surface area contributed by atoms with Crippen LogP contribution in [0.3, 0.4) is 0 Å². The van der Waals surface area contributed by atoms with Gasteiger partial charge in [-0.2, -0.15) is 0 Å². The molecule has 0 aliphatic heterocycles. The van der Waals surface area contributed by atoms with Gasteiger partial charge in [-0.05, 0) is 59.3 Å². The van der Waals surface area contributed by atoms with Crippen molar-refractivity contribution in [3.05, 3.63) is 12.2 Å². The highest BCUT2D eigenvalue weighted by molar-refractivity contribution is 5.77. The second-order valence-electron chi connectivity index (χ2n) is 9.70. The molecule has 7 nitrogen and oxygen atoms in total. The van der Waals surface area contributed by atoms with Crippen molar-refractivity contribution >= 4 is 17.9 Å². The van der Waals surface area contributed by atoms with Crippen molar-refractivity contribution in [2.75, 3.05) is 6.54 Å². The van der Waals surface area contributed by atoms with Crippen LogP contribution >= 0.6 is 0 Å². The highest BCUT2D eigenvalue weighted by Gasteiger charge is 2.52. The maximum absolute atomic E-state index is 11.8. The minimum absolute atomic E-state index is 0.223. The molecule has 0 spiro atoms. The van der Waals surface area contributed by atoms with Gasteiger partial charge in [0.05, 0.1) is 6.54 Å². The van der Waals surface area contributed by atoms with Crippen LogP contribution in [0.25, 0.3) is 0 Å². The molecule has 0 aliphatic rings. The minimum Gasteiger partial charge on any atom is -0.477 e. The molecule has 0 aliphatic carbocycles. The third-order valence-electron chi connectivity index (χ3n) is 7.29. The highest BCUT2D eigenvalue weighted by atomic mass is 16.4. The summed E-state index contributed by atoms with van der Waals surface area (Å²) in [7, 11) is 0. The second-order valence-corrected chi connectivity index (χ2v) is 9.70. The molecule has 0 fully saturated rings. The van der Waals surface area contributed by atoms with Crippen molar-refractivity contribution in [2.24, 2.45) is 0 Å². The minimum atomic E-state index is -1.17. The Morgan fingerprint density at radius 3 is 1.26 bits per heavy atom. The summed E-state index contributed by atoms with van der Waals surface area (Å²) in [5.41, 5.74) is 0. The van der Waals surface area contributed by atoms with Crippen molar-refractivity contribution in [3.63, 3.8) is 0 Å². The third-order valence-corrected chi connectivity index (χ3v) is 7.29. The molecule has 3 atom stereocenters. The molecule has 0 aromatic carbocycles. The first-order valence-corrected chi connectivity index (χ1v) is 13.3. The van der Waals surface area contributed by atoms with E-state index in [-0.39, 0.29) is 6.54 Å². The van der Waals surface area contributed by atoms with Gasteiger partial charge in [0.25, 0.3) is 0 Å². The van der Waals surface area contributed by atoms with E-state index in [2.05, 4.69) is 19.1 Å². The first-order valence-electron chi connectivity index (χ1n) is 13.3. The predicted octanol–water partition coefficient (Wildman–Crippen LogP) is 6.26. The lowest BCUT2D eigenvalue weighted by Gasteiger charge is -2.47. The van der Waals surface area contributed by atoms with Crippen molar-refractivity contribution in [3.8, 4) is 0 Å². The van der Waals surface area contributed by atoms with Crippen molar-refractivity contribution in [1.29, 1.82) is 0 Å². The average Bonchev–Trinajstić information content (AvgIpc) is 2.80. The first-order chi connectivity index (χ1) is 16.1. The summed E-state index contributed by atoms with van der Waals surface area (Å²) in [6.07, 6.45) is 20.5. The van der Waals surface area contributed by atoms with Gasteiger partial charge in [-0.1, -0.05) is 70.4 Å². The summed E-state index contributed by atoms with van der Waals surface area (Å²) in [5, 5.41) is 28.8. The zero-order chi connectivity index (χ0) is 26.0. The van der Waals surface area contributed by atoms with E-state index in [1.54, 1.807) is 0 Å². The lowest BCUT2D eigenvalue weighted by molar-refractivity contribution is -0.968. The molecule has 34 heavy (non-hydrogen) atoms. The summed E-state index contributed by atoms with van der Waals surface area (Å²) in [6, 6.07) is -3.37. The van der Waals surface area contributed by atoms with Crippen molar-refractivity contribution in [1.82, 2.24) is 0 Å². The van der Waals surface area contributed by atoms with Crippen LogP contribution in [0, 0.1) is 0 Å². The molecule has 3 N–H and O–H groups in total. The third kappa shape index (κ3) is 11.5. The number of quaternary nitrogens is 1. The molecular formula is C27H50NO6+. The van der Waals surface area contributed by atoms with Crippen LogP contribution < -0.4 is 0 Å². The fourth-order valence-electron chi connectivity index (χ4n) is 4.84. The fourth-order valence-corrected chi connectivity index (χ4v) is 4.84. The smallest absolute Gasteiger partial charge is 0.362 e. The SMILES string of the molecule is CCCCC/C=C/CCCCCCCCCCC[N+](C(C)C(=O)O)(C(C)C(=O)O)C(C)C(=O)O. The second kappa shape index (κ2) is 18.4. The van der Waals surface area contributed by atoms with Crippen LogP contribution in [0.2, 0.25) is 0 Å². The summed E-state index contributed by atoms with van der Waals surface area (Å²) in [4.78, 5) is 35.3. The Balaban J connectivity index is 4.35. The lowest BCUT2D eigenvalue weighted by Crippen LogP contribution is -2.70. The van der Waals surface area contributed by atoms with E-state index >= 15 is 0 Å². The first kappa shape index (κ1) is 32.1. The van der Waals surface area contributed by atoms with Gasteiger partial charge in [-0.3, -0.25) is 4.48 Å². The van der Waals surface area contributed by atoms with Crippen LogP contribution in [0.5, 0.6) is 0 Å². The number of allylic oxidation sites excluding steroid dienone is 2. The number of hydrogen-bond acceptors (Lipinski definition) is 3. The quantitative estimate of drug-likeness (QED) is 0.0950. The zero-order valence-electron chi connectivity index (χ0n) is 22.0. The van der Waals surface area contributed by atoms with E-state index in [9.17, 15) is 29.7 Å². The normalized spacial score (nSPS) is 16.1. The molecule has 0 radical (unpaired) electrons. The Morgan fingerprint density at radius 1 is 0.588 bits per heavy atom. The van der Waals surface area contributed by atoms with Gasteiger partial charge in [-0.25, -0.2) is 14.4 Å². The molecular weight excluding hydrogens is 434 g/mol. The Hall–Kier alpha value is -1.89. The summed E-state index contributed by atoms with van der Waals surface area (Å²) >= 11 is 0. The van der Waals surface area contributed by atoms with Gasteiger partial charge in [0.15, 0.2) is 18.1 Å². The zero-order valence-corrected chi connectivity index (χ0v) is 22.0. The monoisotopic (exact) mass is 484 g/mol. The topological polar surface area (TPSA) is 112 Å². The number of carboxylic acid groups (broad SMARTS) is 3. The highest BCUT2D eigenvalue weighted by Crippen LogP contribution is 2.27. The maximum Gasteiger partial charge on any atom is 0.362 e. The van der Waals surface area contributed by atoms with Gasteiger partial charge in [0.1, 0.15) is 0 Å². The number of rotatable bonds is 22. The summed E-state index contributed by atoms with van der Waals surface area (Å²) in [5.74, 6) is -3.52. The number of carbonyl (C=O) groups is 3. The van der Waals surface area contributed by atoms with Gasteiger partial charge in [0.2, 0.25) is 0 Å². The Labute approximate surface area is 206 Å². The van der Waals surface area contributed by atoms with E-state index in [0.29, 0.717) is 6.42 Å². The average molecular weight is 485 g/mol. The van der Waals surface area contributed by atoms with Gasteiger partial charge >= 0.3 is 17.9 Å². The number of hydrogen-bond donors (Lipinski definition) is 3. The van der Waals surface area contributed by atoms with E-state index in [4.69, 9.17) is 0 Å². The number of aliphatic carboxylic acids is 3. The molecule has 0 amide bonds. The van der Waals surface area contributed by atoms with Gasteiger partial charge < -0.3 is 15.3 Å². The van der Waals surface area contributed by atoms with E-state index in [1.165, 1.54) is 78.6 Å².